The molecule has 1 rings (SSSR count). The van der Waals surface area contributed by atoms with Crippen molar-refractivity contribution in [1.82, 2.24) is 0 Å². The van der Waals surface area contributed by atoms with Gasteiger partial charge in [-0.3, -0.25) is 0 Å². The number of ether oxygens (including phenoxy) is 1. The maximum absolute atomic E-state index is 10.3. The summed E-state index contributed by atoms with van der Waals surface area (Å²) in [5.41, 5.74) is 6.82. The van der Waals surface area contributed by atoms with Crippen molar-refractivity contribution in [3.63, 3.8) is 0 Å². The Bertz CT molecular complexity index is 341. The second kappa shape index (κ2) is 8.11. The smallest absolute Gasteiger partial charge is 0.122 e. The van der Waals surface area contributed by atoms with Crippen molar-refractivity contribution in [2.45, 2.75) is 44.6 Å². The molecule has 0 aromatic heterocycles. The van der Waals surface area contributed by atoms with Gasteiger partial charge in [0, 0.05) is 18.0 Å². The SMILES string of the molecule is CCCCCC(O)C(CN)c1ccccc1OC. The molecule has 102 valence electrons. The molecule has 0 spiro atoms. The zero-order chi connectivity index (χ0) is 13.4. The normalized spacial score (nSPS) is 14.2. The molecule has 0 fully saturated rings. The number of hydrogen-bond acceptors (Lipinski definition) is 3. The lowest BCUT2D eigenvalue weighted by Crippen LogP contribution is -2.26. The van der Waals surface area contributed by atoms with Gasteiger partial charge in [-0.05, 0) is 12.5 Å². The molecule has 2 unspecified atom stereocenters. The van der Waals surface area contributed by atoms with Crippen LogP contribution < -0.4 is 10.5 Å². The first-order valence-electron chi connectivity index (χ1n) is 6.75. The highest BCUT2D eigenvalue weighted by Crippen LogP contribution is 2.29. The Morgan fingerprint density at radius 1 is 1.28 bits per heavy atom. The van der Waals surface area contributed by atoms with Crippen molar-refractivity contribution in [2.75, 3.05) is 13.7 Å². The Balaban J connectivity index is 2.75. The Morgan fingerprint density at radius 3 is 2.61 bits per heavy atom. The number of unbranched alkanes of at least 4 members (excludes halogenated alkanes) is 2. The van der Waals surface area contributed by atoms with E-state index in [1.54, 1.807) is 7.11 Å². The quantitative estimate of drug-likeness (QED) is 0.698. The highest BCUT2D eigenvalue weighted by Gasteiger charge is 2.22. The van der Waals surface area contributed by atoms with E-state index < -0.39 is 6.10 Å². The lowest BCUT2D eigenvalue weighted by Gasteiger charge is -2.23. The number of methoxy groups -OCH3 is 1. The van der Waals surface area contributed by atoms with Crippen molar-refractivity contribution in [2.24, 2.45) is 5.73 Å². The molecule has 0 heterocycles. The van der Waals surface area contributed by atoms with Gasteiger partial charge in [0.05, 0.1) is 13.2 Å². The molecule has 0 aliphatic heterocycles. The lowest BCUT2D eigenvalue weighted by atomic mass is 9.89. The van der Waals surface area contributed by atoms with Crippen LogP contribution in [0.15, 0.2) is 24.3 Å². The van der Waals surface area contributed by atoms with Gasteiger partial charge in [-0.25, -0.2) is 0 Å². The first-order chi connectivity index (χ1) is 8.74. The molecule has 0 aliphatic carbocycles. The van der Waals surface area contributed by atoms with Gasteiger partial charge in [-0.2, -0.15) is 0 Å². The van der Waals surface area contributed by atoms with E-state index in [9.17, 15) is 5.11 Å². The average Bonchev–Trinajstić information content (AvgIpc) is 2.40. The molecule has 3 N–H and O–H groups in total. The molecule has 0 saturated heterocycles. The lowest BCUT2D eigenvalue weighted by molar-refractivity contribution is 0.131. The summed E-state index contributed by atoms with van der Waals surface area (Å²) in [4.78, 5) is 0. The van der Waals surface area contributed by atoms with Crippen LogP contribution in [-0.2, 0) is 0 Å². The first-order valence-corrected chi connectivity index (χ1v) is 6.75. The second-order valence-corrected chi connectivity index (χ2v) is 4.65. The van der Waals surface area contributed by atoms with Gasteiger partial charge >= 0.3 is 0 Å². The first kappa shape index (κ1) is 15.0. The van der Waals surface area contributed by atoms with E-state index in [0.717, 1.165) is 37.0 Å². The molecule has 0 amide bonds. The Kier molecular flexibility index (Phi) is 6.76. The Morgan fingerprint density at radius 2 is 2.00 bits per heavy atom. The summed E-state index contributed by atoms with van der Waals surface area (Å²) in [6.07, 6.45) is 3.77. The highest BCUT2D eigenvalue weighted by atomic mass is 16.5. The van der Waals surface area contributed by atoms with E-state index in [1.807, 2.05) is 24.3 Å². The number of nitrogens with two attached hydrogens (primary N) is 1. The molecule has 2 atom stereocenters. The summed E-state index contributed by atoms with van der Waals surface area (Å²) < 4.78 is 5.34. The fraction of sp³-hybridized carbons (Fsp3) is 0.600. The van der Waals surface area contributed by atoms with Crippen molar-refractivity contribution in [3.8, 4) is 5.75 Å². The fourth-order valence-corrected chi connectivity index (χ4v) is 2.27. The molecule has 1 aromatic rings. The van der Waals surface area contributed by atoms with Crippen LogP contribution in [0.3, 0.4) is 0 Å². The predicted octanol–water partition coefficient (Wildman–Crippen LogP) is 2.68. The average molecular weight is 251 g/mol. The van der Waals surface area contributed by atoms with Crippen LogP contribution in [0.2, 0.25) is 0 Å². The monoisotopic (exact) mass is 251 g/mol. The van der Waals surface area contributed by atoms with E-state index in [1.165, 1.54) is 0 Å². The number of aliphatic hydroxyl groups excluding tert-OH is 1. The molecule has 3 nitrogen and oxygen atoms in total. The second-order valence-electron chi connectivity index (χ2n) is 4.65. The standard InChI is InChI=1S/C15H25NO2/c1-3-4-5-9-14(17)13(11-16)12-8-6-7-10-15(12)18-2/h6-8,10,13-14,17H,3-5,9,11,16H2,1-2H3. The summed E-state index contributed by atoms with van der Waals surface area (Å²) >= 11 is 0. The van der Waals surface area contributed by atoms with Crippen molar-refractivity contribution in [3.05, 3.63) is 29.8 Å². The van der Waals surface area contributed by atoms with Crippen molar-refractivity contribution >= 4 is 0 Å². The van der Waals surface area contributed by atoms with E-state index >= 15 is 0 Å². The molecule has 18 heavy (non-hydrogen) atoms. The van der Waals surface area contributed by atoms with Gasteiger partial charge in [0.25, 0.3) is 0 Å². The van der Waals surface area contributed by atoms with Crippen LogP contribution >= 0.6 is 0 Å². The van der Waals surface area contributed by atoms with Gasteiger partial charge in [0.15, 0.2) is 0 Å². The summed E-state index contributed by atoms with van der Waals surface area (Å²) in [6.45, 7) is 2.60. The maximum atomic E-state index is 10.3. The number of hydrogen-bond donors (Lipinski definition) is 2. The minimum atomic E-state index is -0.391. The molecular formula is C15H25NO2. The summed E-state index contributed by atoms with van der Waals surface area (Å²) in [5, 5.41) is 10.3. The Labute approximate surface area is 110 Å². The zero-order valence-corrected chi connectivity index (χ0v) is 11.4. The Hall–Kier alpha value is -1.06. The summed E-state index contributed by atoms with van der Waals surface area (Å²) in [6, 6.07) is 7.79. The molecule has 0 radical (unpaired) electrons. The zero-order valence-electron chi connectivity index (χ0n) is 11.4. The maximum Gasteiger partial charge on any atom is 0.122 e. The topological polar surface area (TPSA) is 55.5 Å². The molecule has 0 bridgehead atoms. The van der Waals surface area contributed by atoms with Gasteiger partial charge in [-0.1, -0.05) is 44.4 Å². The highest BCUT2D eigenvalue weighted by molar-refractivity contribution is 5.37. The number of rotatable bonds is 8. The van der Waals surface area contributed by atoms with E-state index in [0.29, 0.717) is 6.54 Å². The van der Waals surface area contributed by atoms with Crippen LogP contribution in [0.25, 0.3) is 0 Å². The van der Waals surface area contributed by atoms with Crippen LogP contribution in [0.1, 0.15) is 44.1 Å². The van der Waals surface area contributed by atoms with E-state index in [2.05, 4.69) is 6.92 Å². The molecule has 3 heteroatoms. The summed E-state index contributed by atoms with van der Waals surface area (Å²) in [5.74, 6) is 0.764. The van der Waals surface area contributed by atoms with Crippen LogP contribution in [0.5, 0.6) is 5.75 Å². The molecule has 0 saturated carbocycles. The molecular weight excluding hydrogens is 226 g/mol. The number of para-hydroxylation sites is 1. The predicted molar refractivity (Wildman–Crippen MR) is 74.9 cm³/mol. The minimum absolute atomic E-state index is 0.0435. The van der Waals surface area contributed by atoms with Gasteiger partial charge in [0.1, 0.15) is 5.75 Å². The van der Waals surface area contributed by atoms with Crippen LogP contribution in [-0.4, -0.2) is 24.9 Å². The third-order valence-corrected chi connectivity index (χ3v) is 3.36. The molecule has 0 aliphatic rings. The number of benzene rings is 1. The third kappa shape index (κ3) is 4.00. The number of aliphatic hydroxyl groups is 1. The van der Waals surface area contributed by atoms with Gasteiger partial charge in [0.2, 0.25) is 0 Å². The van der Waals surface area contributed by atoms with Crippen LogP contribution in [0, 0.1) is 0 Å². The van der Waals surface area contributed by atoms with E-state index in [4.69, 9.17) is 10.5 Å². The fourth-order valence-electron chi connectivity index (χ4n) is 2.27. The summed E-state index contributed by atoms with van der Waals surface area (Å²) in [7, 11) is 1.65. The van der Waals surface area contributed by atoms with Crippen molar-refractivity contribution < 1.29 is 9.84 Å². The largest absolute Gasteiger partial charge is 0.496 e. The van der Waals surface area contributed by atoms with E-state index in [-0.39, 0.29) is 5.92 Å². The third-order valence-electron chi connectivity index (χ3n) is 3.36. The minimum Gasteiger partial charge on any atom is -0.496 e. The van der Waals surface area contributed by atoms with Crippen LogP contribution in [0.4, 0.5) is 0 Å². The van der Waals surface area contributed by atoms with Gasteiger partial charge in [-0.15, -0.1) is 0 Å². The molecule has 1 aromatic carbocycles. The van der Waals surface area contributed by atoms with Gasteiger partial charge < -0.3 is 15.6 Å². The van der Waals surface area contributed by atoms with Crippen molar-refractivity contribution in [1.29, 1.82) is 0 Å².